The molecule has 0 radical (unpaired) electrons. The van der Waals surface area contributed by atoms with Crippen LogP contribution >= 0.6 is 0 Å². The van der Waals surface area contributed by atoms with Crippen molar-refractivity contribution >= 4 is 5.91 Å². The summed E-state index contributed by atoms with van der Waals surface area (Å²) in [7, 11) is 0. The van der Waals surface area contributed by atoms with Crippen LogP contribution in [0.15, 0.2) is 18.2 Å². The lowest BCUT2D eigenvalue weighted by atomic mass is 9.93. The molecule has 0 saturated carbocycles. The van der Waals surface area contributed by atoms with Gasteiger partial charge in [0.05, 0.1) is 0 Å². The second-order valence-corrected chi connectivity index (χ2v) is 6.55. The van der Waals surface area contributed by atoms with E-state index in [-0.39, 0.29) is 11.9 Å². The Kier molecular flexibility index (Phi) is 6.25. The van der Waals surface area contributed by atoms with E-state index in [4.69, 9.17) is 4.74 Å². The van der Waals surface area contributed by atoms with E-state index in [2.05, 4.69) is 39.1 Å². The van der Waals surface area contributed by atoms with Gasteiger partial charge in [-0.05, 0) is 44.2 Å². The number of carbonyl (C=O) groups excluding carboxylic acids is 1. The summed E-state index contributed by atoms with van der Waals surface area (Å²) < 4.78 is 5.81. The summed E-state index contributed by atoms with van der Waals surface area (Å²) in [6, 6.07) is 6.16. The van der Waals surface area contributed by atoms with Crippen molar-refractivity contribution in [3.8, 4) is 5.75 Å². The molecule has 0 aromatic heterocycles. The lowest BCUT2D eigenvalue weighted by Gasteiger charge is -2.27. The molecule has 1 atom stereocenters. The quantitative estimate of drug-likeness (QED) is 0.864. The molecule has 0 fully saturated rings. The molecular formula is C18H29NO2. The minimum absolute atomic E-state index is 0.0534. The van der Waals surface area contributed by atoms with Crippen LogP contribution in [0.4, 0.5) is 0 Å². The third-order valence-electron chi connectivity index (χ3n) is 3.75. The van der Waals surface area contributed by atoms with E-state index >= 15 is 0 Å². The van der Waals surface area contributed by atoms with Gasteiger partial charge in [0.1, 0.15) is 5.75 Å². The third-order valence-corrected chi connectivity index (χ3v) is 3.75. The predicted octanol–water partition coefficient (Wildman–Crippen LogP) is 3.87. The van der Waals surface area contributed by atoms with Crippen LogP contribution in [0.3, 0.4) is 0 Å². The van der Waals surface area contributed by atoms with Gasteiger partial charge in [-0.2, -0.15) is 0 Å². The Balaban J connectivity index is 2.70. The first kappa shape index (κ1) is 17.5. The van der Waals surface area contributed by atoms with Gasteiger partial charge >= 0.3 is 0 Å². The van der Waals surface area contributed by atoms with Gasteiger partial charge in [-0.3, -0.25) is 4.79 Å². The van der Waals surface area contributed by atoms with Gasteiger partial charge in [0, 0.05) is 6.04 Å². The summed E-state index contributed by atoms with van der Waals surface area (Å²) >= 11 is 0. The normalized spacial score (nSPS) is 12.9. The molecule has 0 spiro atoms. The van der Waals surface area contributed by atoms with E-state index in [1.807, 2.05) is 26.0 Å². The molecule has 0 aliphatic rings. The highest BCUT2D eigenvalue weighted by Crippen LogP contribution is 2.20. The molecule has 1 aromatic carbocycles. The van der Waals surface area contributed by atoms with Crippen LogP contribution in [0, 0.1) is 25.7 Å². The molecule has 0 saturated heterocycles. The van der Waals surface area contributed by atoms with Gasteiger partial charge in [-0.15, -0.1) is 0 Å². The first-order valence-corrected chi connectivity index (χ1v) is 7.76. The van der Waals surface area contributed by atoms with E-state index in [0.29, 0.717) is 11.8 Å². The summed E-state index contributed by atoms with van der Waals surface area (Å²) in [5, 5.41) is 3.10. The number of ether oxygens (including phenoxy) is 1. The number of nitrogens with one attached hydrogen (secondary N) is 1. The molecular weight excluding hydrogens is 262 g/mol. The number of hydrogen-bond donors (Lipinski definition) is 1. The Morgan fingerprint density at radius 1 is 1.05 bits per heavy atom. The lowest BCUT2D eigenvalue weighted by Crippen LogP contribution is -2.47. The number of benzene rings is 1. The van der Waals surface area contributed by atoms with Gasteiger partial charge < -0.3 is 10.1 Å². The van der Waals surface area contributed by atoms with E-state index < -0.39 is 6.10 Å². The van der Waals surface area contributed by atoms with Crippen LogP contribution < -0.4 is 10.1 Å². The van der Waals surface area contributed by atoms with Crippen molar-refractivity contribution in [1.29, 1.82) is 0 Å². The molecule has 118 valence electrons. The summed E-state index contributed by atoms with van der Waals surface area (Å²) in [6.07, 6.45) is -0.494. The maximum Gasteiger partial charge on any atom is 0.261 e. The van der Waals surface area contributed by atoms with E-state index in [1.165, 1.54) is 5.56 Å². The molecule has 1 unspecified atom stereocenters. The van der Waals surface area contributed by atoms with Crippen molar-refractivity contribution in [1.82, 2.24) is 5.32 Å². The molecule has 0 aliphatic heterocycles. The van der Waals surface area contributed by atoms with Crippen molar-refractivity contribution in [3.63, 3.8) is 0 Å². The molecule has 1 N–H and O–H groups in total. The Bertz CT molecular complexity index is 472. The molecule has 0 heterocycles. The SMILES string of the molecule is Cc1ccc(OC(C)C(=O)NC(C(C)C)C(C)C)c(C)c1. The van der Waals surface area contributed by atoms with Crippen LogP contribution in [-0.2, 0) is 4.79 Å². The minimum atomic E-state index is -0.494. The standard InChI is InChI=1S/C18H29NO2/c1-11(2)17(12(3)4)19-18(20)15(7)21-16-9-8-13(5)10-14(16)6/h8-12,15,17H,1-7H3,(H,19,20). The molecule has 0 bridgehead atoms. The first-order chi connectivity index (χ1) is 9.72. The molecule has 0 aliphatic carbocycles. The monoisotopic (exact) mass is 291 g/mol. The second-order valence-electron chi connectivity index (χ2n) is 6.55. The van der Waals surface area contributed by atoms with Gasteiger partial charge in [0.2, 0.25) is 0 Å². The van der Waals surface area contributed by atoms with Crippen LogP contribution in [0.1, 0.15) is 45.7 Å². The number of rotatable bonds is 6. The predicted molar refractivity (Wildman–Crippen MR) is 87.6 cm³/mol. The number of carbonyl (C=O) groups is 1. The fourth-order valence-corrected chi connectivity index (χ4v) is 2.56. The lowest BCUT2D eigenvalue weighted by molar-refractivity contribution is -0.128. The topological polar surface area (TPSA) is 38.3 Å². The van der Waals surface area contributed by atoms with Crippen molar-refractivity contribution in [3.05, 3.63) is 29.3 Å². The summed E-state index contributed by atoms with van der Waals surface area (Å²) in [6.45, 7) is 14.3. The molecule has 21 heavy (non-hydrogen) atoms. The zero-order valence-electron chi connectivity index (χ0n) is 14.4. The molecule has 3 heteroatoms. The zero-order chi connectivity index (χ0) is 16.2. The largest absolute Gasteiger partial charge is 0.481 e. The Hall–Kier alpha value is -1.51. The van der Waals surface area contributed by atoms with Gasteiger partial charge in [-0.1, -0.05) is 45.4 Å². The molecule has 1 amide bonds. The van der Waals surface area contributed by atoms with Crippen LogP contribution in [0.2, 0.25) is 0 Å². The zero-order valence-corrected chi connectivity index (χ0v) is 14.4. The Labute approximate surface area is 129 Å². The average Bonchev–Trinajstić information content (AvgIpc) is 2.37. The van der Waals surface area contributed by atoms with E-state index in [0.717, 1.165) is 11.3 Å². The molecule has 1 rings (SSSR count). The summed E-state index contributed by atoms with van der Waals surface area (Å²) in [4.78, 5) is 12.3. The Morgan fingerprint density at radius 3 is 2.10 bits per heavy atom. The van der Waals surface area contributed by atoms with Gasteiger partial charge in [-0.25, -0.2) is 0 Å². The minimum Gasteiger partial charge on any atom is -0.481 e. The van der Waals surface area contributed by atoms with Crippen molar-refractivity contribution in [2.75, 3.05) is 0 Å². The van der Waals surface area contributed by atoms with Gasteiger partial charge in [0.15, 0.2) is 6.10 Å². The van der Waals surface area contributed by atoms with Crippen molar-refractivity contribution in [2.45, 2.75) is 60.6 Å². The van der Waals surface area contributed by atoms with Crippen molar-refractivity contribution < 1.29 is 9.53 Å². The van der Waals surface area contributed by atoms with Crippen molar-refractivity contribution in [2.24, 2.45) is 11.8 Å². The highest BCUT2D eigenvalue weighted by Gasteiger charge is 2.23. The second kappa shape index (κ2) is 7.48. The average molecular weight is 291 g/mol. The van der Waals surface area contributed by atoms with Crippen LogP contribution in [-0.4, -0.2) is 18.1 Å². The summed E-state index contributed by atoms with van der Waals surface area (Å²) in [5.74, 6) is 1.53. The number of hydrogen-bond acceptors (Lipinski definition) is 2. The first-order valence-electron chi connectivity index (χ1n) is 7.76. The summed E-state index contributed by atoms with van der Waals surface area (Å²) in [5.41, 5.74) is 2.25. The van der Waals surface area contributed by atoms with Gasteiger partial charge in [0.25, 0.3) is 5.91 Å². The fraction of sp³-hybridized carbons (Fsp3) is 0.611. The van der Waals surface area contributed by atoms with Crippen LogP contribution in [0.5, 0.6) is 5.75 Å². The smallest absolute Gasteiger partial charge is 0.261 e. The van der Waals surface area contributed by atoms with Crippen LogP contribution in [0.25, 0.3) is 0 Å². The molecule has 1 aromatic rings. The maximum absolute atomic E-state index is 12.3. The molecule has 3 nitrogen and oxygen atoms in total. The highest BCUT2D eigenvalue weighted by atomic mass is 16.5. The number of amides is 1. The fourth-order valence-electron chi connectivity index (χ4n) is 2.56. The highest BCUT2D eigenvalue weighted by molar-refractivity contribution is 5.81. The third kappa shape index (κ3) is 5.07. The van der Waals surface area contributed by atoms with E-state index in [1.54, 1.807) is 6.92 Å². The Morgan fingerprint density at radius 2 is 1.62 bits per heavy atom. The maximum atomic E-state index is 12.3. The number of aryl methyl sites for hydroxylation is 2. The van der Waals surface area contributed by atoms with E-state index in [9.17, 15) is 4.79 Å².